The summed E-state index contributed by atoms with van der Waals surface area (Å²) in [6, 6.07) is 10.4. The van der Waals surface area contributed by atoms with Crippen molar-refractivity contribution < 1.29 is 14.3 Å². The average Bonchev–Trinajstić information content (AvgIpc) is 3.59. The zero-order chi connectivity index (χ0) is 25.5. The molecule has 2 saturated heterocycles. The quantitative estimate of drug-likeness (QED) is 0.580. The number of nitrogens with zero attached hydrogens (tertiary/aromatic N) is 5. The van der Waals surface area contributed by atoms with Gasteiger partial charge in [0.05, 0.1) is 31.1 Å². The molecule has 0 atom stereocenters. The van der Waals surface area contributed by atoms with E-state index in [4.69, 9.17) is 10.5 Å². The monoisotopic (exact) mass is 491 g/mol. The van der Waals surface area contributed by atoms with Gasteiger partial charge >= 0.3 is 0 Å². The number of anilines is 1. The van der Waals surface area contributed by atoms with E-state index in [2.05, 4.69) is 52.5 Å². The highest BCUT2D eigenvalue weighted by molar-refractivity contribution is 6.02. The van der Waals surface area contributed by atoms with Crippen molar-refractivity contribution in [2.24, 2.45) is 11.7 Å². The molecule has 2 aliphatic heterocycles. The Morgan fingerprint density at radius 2 is 1.86 bits per heavy atom. The van der Waals surface area contributed by atoms with E-state index < -0.39 is 11.4 Å². The maximum atomic E-state index is 12.3. The predicted molar refractivity (Wildman–Crippen MR) is 133 cm³/mol. The second-order valence-electron chi connectivity index (χ2n) is 10.7. The number of hydrogen-bond donors (Lipinski definition) is 2. The molecule has 2 aromatic rings. The number of primary amides is 1. The van der Waals surface area contributed by atoms with Gasteiger partial charge in [0.1, 0.15) is 16.9 Å². The number of rotatable bonds is 8. The average molecular weight is 492 g/mol. The fourth-order valence-corrected chi connectivity index (χ4v) is 5.16. The molecule has 1 aromatic heterocycles. The fraction of sp³-hybridized carbons (Fsp3) is 0.538. The standard InChI is InChI=1S/C26H33N7O3/c1-18-3-7-20(8-4-18)36-25(2)16-32(17-25)31-13-10-26(9-12-27,11-14-31)33-15-21(22(28)34)23(30-33)29-24(35)19-5-6-19/h3-4,7-8,15,19H,5-6,9-11,13-14,16-17H2,1-2H3,(H2,28,34)(H,29,30,35). The number of nitriles is 1. The van der Waals surface area contributed by atoms with E-state index in [9.17, 15) is 14.9 Å². The summed E-state index contributed by atoms with van der Waals surface area (Å²) in [4.78, 5) is 24.4. The third-order valence-electron chi connectivity index (χ3n) is 7.55. The van der Waals surface area contributed by atoms with Gasteiger partial charge in [-0.1, -0.05) is 17.7 Å². The van der Waals surface area contributed by atoms with Crippen LogP contribution in [0.25, 0.3) is 0 Å². The molecule has 3 aliphatic rings. The van der Waals surface area contributed by atoms with Crippen LogP contribution >= 0.6 is 0 Å². The molecular weight excluding hydrogens is 458 g/mol. The second kappa shape index (κ2) is 9.22. The van der Waals surface area contributed by atoms with Crippen molar-refractivity contribution in [3.63, 3.8) is 0 Å². The van der Waals surface area contributed by atoms with Gasteiger partial charge in [0.15, 0.2) is 5.82 Å². The molecule has 3 N–H and O–H groups in total. The molecule has 0 spiro atoms. The smallest absolute Gasteiger partial charge is 0.254 e. The van der Waals surface area contributed by atoms with Crippen molar-refractivity contribution in [2.75, 3.05) is 31.5 Å². The fourth-order valence-electron chi connectivity index (χ4n) is 5.16. The third kappa shape index (κ3) is 4.81. The molecule has 1 aliphatic carbocycles. The van der Waals surface area contributed by atoms with E-state index in [0.29, 0.717) is 12.8 Å². The van der Waals surface area contributed by atoms with Crippen LogP contribution in [0.4, 0.5) is 5.82 Å². The molecule has 10 nitrogen and oxygen atoms in total. The largest absolute Gasteiger partial charge is 0.485 e. The van der Waals surface area contributed by atoms with Crippen LogP contribution in [-0.2, 0) is 10.3 Å². The lowest BCUT2D eigenvalue weighted by Crippen LogP contribution is -2.69. The van der Waals surface area contributed by atoms with Gasteiger partial charge in [-0.2, -0.15) is 10.4 Å². The molecular formula is C26H33N7O3. The SMILES string of the molecule is Cc1ccc(OC2(C)CN(N3CCC(CC#N)(n4cc(C(N)=O)c(NC(=O)C5CC5)n4)CC3)C2)cc1. The van der Waals surface area contributed by atoms with Gasteiger partial charge in [-0.15, -0.1) is 0 Å². The number of hydrogen-bond acceptors (Lipinski definition) is 7. The van der Waals surface area contributed by atoms with E-state index in [-0.39, 0.29) is 35.2 Å². The number of aryl methyl sites for hydroxylation is 1. The molecule has 0 bridgehead atoms. The van der Waals surface area contributed by atoms with Gasteiger partial charge in [0.25, 0.3) is 5.91 Å². The number of carbonyl (C=O) groups excluding carboxylic acids is 2. The van der Waals surface area contributed by atoms with Gasteiger partial charge in [0.2, 0.25) is 5.91 Å². The zero-order valence-corrected chi connectivity index (χ0v) is 20.9. The molecule has 1 saturated carbocycles. The molecule has 1 aromatic carbocycles. The molecule has 2 amide bonds. The van der Waals surface area contributed by atoms with Crippen LogP contribution in [0.1, 0.15) is 54.9 Å². The zero-order valence-electron chi connectivity index (χ0n) is 20.9. The third-order valence-corrected chi connectivity index (χ3v) is 7.55. The predicted octanol–water partition coefficient (Wildman–Crippen LogP) is 2.41. The van der Waals surface area contributed by atoms with E-state index in [1.807, 2.05) is 12.1 Å². The highest BCUT2D eigenvalue weighted by Crippen LogP contribution is 2.38. The lowest BCUT2D eigenvalue weighted by Gasteiger charge is -2.54. The van der Waals surface area contributed by atoms with Crippen LogP contribution in [0.5, 0.6) is 5.75 Å². The van der Waals surface area contributed by atoms with Crippen LogP contribution in [0.15, 0.2) is 30.5 Å². The molecule has 3 heterocycles. The molecule has 3 fully saturated rings. The first-order chi connectivity index (χ1) is 17.2. The molecule has 0 unspecified atom stereocenters. The van der Waals surface area contributed by atoms with Crippen molar-refractivity contribution in [1.82, 2.24) is 19.8 Å². The number of nitrogens with one attached hydrogen (secondary N) is 1. The Kier molecular flexibility index (Phi) is 6.22. The lowest BCUT2D eigenvalue weighted by atomic mass is 9.85. The van der Waals surface area contributed by atoms with Gasteiger partial charge in [-0.3, -0.25) is 14.3 Å². The molecule has 36 heavy (non-hydrogen) atoms. The number of hydrazine groups is 1. The van der Waals surface area contributed by atoms with Crippen molar-refractivity contribution in [3.8, 4) is 11.8 Å². The lowest BCUT2D eigenvalue weighted by molar-refractivity contribution is -0.186. The van der Waals surface area contributed by atoms with Gasteiger partial charge in [-0.05, 0) is 51.7 Å². The van der Waals surface area contributed by atoms with Gasteiger partial charge in [-0.25, -0.2) is 10.0 Å². The van der Waals surface area contributed by atoms with Crippen LogP contribution in [0.3, 0.4) is 0 Å². The first-order valence-corrected chi connectivity index (χ1v) is 12.5. The molecule has 10 heteroatoms. The minimum Gasteiger partial charge on any atom is -0.485 e. The minimum absolute atomic E-state index is 0.0237. The number of ether oxygens (including phenoxy) is 1. The topological polar surface area (TPSA) is 130 Å². The first kappa shape index (κ1) is 24.3. The number of aromatic nitrogens is 2. The summed E-state index contributed by atoms with van der Waals surface area (Å²) in [5, 5.41) is 21.5. The first-order valence-electron chi connectivity index (χ1n) is 12.5. The number of amides is 2. The Hall–Kier alpha value is -3.42. The van der Waals surface area contributed by atoms with E-state index in [1.54, 1.807) is 10.9 Å². The summed E-state index contributed by atoms with van der Waals surface area (Å²) in [5.74, 6) is 0.254. The highest BCUT2D eigenvalue weighted by Gasteiger charge is 2.47. The maximum Gasteiger partial charge on any atom is 0.254 e. The Bertz CT molecular complexity index is 1180. The maximum absolute atomic E-state index is 12.3. The Morgan fingerprint density at radius 1 is 1.19 bits per heavy atom. The summed E-state index contributed by atoms with van der Waals surface area (Å²) in [6.07, 6.45) is 4.90. The Labute approximate surface area is 210 Å². The van der Waals surface area contributed by atoms with Crippen molar-refractivity contribution in [1.29, 1.82) is 5.26 Å². The Morgan fingerprint density at radius 3 is 2.44 bits per heavy atom. The number of benzene rings is 1. The molecule has 190 valence electrons. The summed E-state index contributed by atoms with van der Waals surface area (Å²) >= 11 is 0. The number of piperidine rings is 1. The normalized spacial score (nSPS) is 21.2. The summed E-state index contributed by atoms with van der Waals surface area (Å²) in [5.41, 5.74) is 6.15. The van der Waals surface area contributed by atoms with Gasteiger partial charge < -0.3 is 15.8 Å². The molecule has 5 rings (SSSR count). The van der Waals surface area contributed by atoms with E-state index >= 15 is 0 Å². The number of carbonyl (C=O) groups is 2. The van der Waals surface area contributed by atoms with Crippen molar-refractivity contribution in [2.45, 2.75) is 57.1 Å². The second-order valence-corrected chi connectivity index (χ2v) is 10.7. The van der Waals surface area contributed by atoms with Crippen LogP contribution in [0, 0.1) is 24.2 Å². The molecule has 0 radical (unpaired) electrons. The van der Waals surface area contributed by atoms with E-state index in [0.717, 1.165) is 44.8 Å². The summed E-state index contributed by atoms with van der Waals surface area (Å²) in [6.45, 7) is 7.26. The summed E-state index contributed by atoms with van der Waals surface area (Å²) < 4.78 is 7.94. The van der Waals surface area contributed by atoms with Gasteiger partial charge in [0, 0.05) is 25.2 Å². The van der Waals surface area contributed by atoms with Crippen molar-refractivity contribution in [3.05, 3.63) is 41.6 Å². The minimum atomic E-state index is -0.648. The number of nitrogens with two attached hydrogens (primary N) is 1. The van der Waals surface area contributed by atoms with Crippen LogP contribution in [-0.4, -0.2) is 63.4 Å². The Balaban J connectivity index is 1.24. The van der Waals surface area contributed by atoms with Crippen LogP contribution in [0.2, 0.25) is 0 Å². The summed E-state index contributed by atoms with van der Waals surface area (Å²) in [7, 11) is 0. The van der Waals surface area contributed by atoms with E-state index in [1.165, 1.54) is 5.56 Å². The van der Waals surface area contributed by atoms with Crippen LogP contribution < -0.4 is 15.8 Å². The van der Waals surface area contributed by atoms with Crippen molar-refractivity contribution >= 4 is 17.6 Å². The highest BCUT2D eigenvalue weighted by atomic mass is 16.5.